The molecule has 0 aromatic heterocycles. The van der Waals surface area contributed by atoms with Crippen LogP contribution in [0.2, 0.25) is 19.6 Å². The molecule has 3 aromatic rings. The second-order valence-electron chi connectivity index (χ2n) is 11.5. The topological polar surface area (TPSA) is 27.7 Å². The highest BCUT2D eigenvalue weighted by atomic mass is 28.5. The van der Waals surface area contributed by atoms with Gasteiger partial charge in [-0.2, -0.15) is 39.5 Å². The van der Waals surface area contributed by atoms with E-state index >= 15 is 0 Å². The molecule has 3 aromatic carbocycles. The summed E-state index contributed by atoms with van der Waals surface area (Å²) < 4.78 is 141. The second kappa shape index (κ2) is 13.0. The largest absolute Gasteiger partial charge is 0.409 e. The molecule has 0 N–H and O–H groups in total. The van der Waals surface area contributed by atoms with Gasteiger partial charge in [0.2, 0.25) is 0 Å². The Morgan fingerprint density at radius 3 is 1.27 bits per heavy atom. The molecule has 1 fully saturated rings. The van der Waals surface area contributed by atoms with Crippen molar-refractivity contribution in [3.05, 3.63) is 89.5 Å². The third-order valence-electron chi connectivity index (χ3n) is 7.78. The number of alkyl halides is 9. The maximum absolute atomic E-state index is 13.6. The van der Waals surface area contributed by atoms with Crippen molar-refractivity contribution in [1.82, 2.24) is 0 Å². The fourth-order valence-electron chi connectivity index (χ4n) is 5.81. The predicted octanol–water partition coefficient (Wildman–Crippen LogP) is 7.47. The molecular formula is C30H33F9O3Si3. The summed E-state index contributed by atoms with van der Waals surface area (Å²) in [6.07, 6.45) is -20.3. The molecule has 3 nitrogen and oxygen atoms in total. The lowest BCUT2D eigenvalue weighted by Gasteiger charge is -2.51. The first-order valence-corrected chi connectivity index (χ1v) is 21.2. The number of rotatable bonds is 9. The van der Waals surface area contributed by atoms with Crippen LogP contribution in [-0.2, 0) is 31.6 Å². The van der Waals surface area contributed by atoms with Gasteiger partial charge in [0.25, 0.3) is 0 Å². The Kier molecular flexibility index (Phi) is 10.2. The van der Waals surface area contributed by atoms with Gasteiger partial charge < -0.3 is 12.3 Å². The molecule has 0 saturated carbocycles. The Bertz CT molecular complexity index is 1400. The van der Waals surface area contributed by atoms with Crippen molar-refractivity contribution < 1.29 is 51.9 Å². The standard InChI is InChI=1S/C30H33F9O3Si3/c1-43(23-10-6-4-7-11-23)40-44(2,24-12-8-5-9-13-24)42-45(3,41-43)27-15-14-22(16-19-28(31,32)33)25(17-20-29(34,35)36)26(27)18-21-30(37,38)39/h4-15H,16-21H2,1-3H3. The zero-order valence-electron chi connectivity index (χ0n) is 24.8. The number of hydrogen-bond acceptors (Lipinski definition) is 3. The highest BCUT2D eigenvalue weighted by Gasteiger charge is 2.60. The van der Waals surface area contributed by atoms with Gasteiger partial charge in [0.1, 0.15) is 0 Å². The molecule has 0 aliphatic carbocycles. The van der Waals surface area contributed by atoms with Crippen LogP contribution >= 0.6 is 0 Å². The minimum absolute atomic E-state index is 0.0757. The van der Waals surface area contributed by atoms with Gasteiger partial charge in [0.05, 0.1) is 0 Å². The number of halogens is 9. The van der Waals surface area contributed by atoms with Gasteiger partial charge in [-0.25, -0.2) is 0 Å². The van der Waals surface area contributed by atoms with Crippen LogP contribution in [0.15, 0.2) is 72.8 Å². The summed E-state index contributed by atoms with van der Waals surface area (Å²) in [7, 11) is -10.7. The molecule has 0 bridgehead atoms. The van der Waals surface area contributed by atoms with Gasteiger partial charge in [-0.1, -0.05) is 72.8 Å². The lowest BCUT2D eigenvalue weighted by Crippen LogP contribution is -2.77. The molecule has 0 spiro atoms. The first kappa shape index (κ1) is 35.4. The lowest BCUT2D eigenvalue weighted by atomic mass is 9.91. The Morgan fingerprint density at radius 2 is 0.844 bits per heavy atom. The Hall–Kier alpha value is -2.44. The average Bonchev–Trinajstić information content (AvgIpc) is 2.93. The Labute approximate surface area is 259 Å². The van der Waals surface area contributed by atoms with Crippen LogP contribution in [-0.4, -0.2) is 44.2 Å². The van der Waals surface area contributed by atoms with Gasteiger partial charge in [-0.15, -0.1) is 0 Å². The monoisotopic (exact) mass is 696 g/mol. The van der Waals surface area contributed by atoms with Gasteiger partial charge >= 0.3 is 44.2 Å². The average molecular weight is 697 g/mol. The summed E-state index contributed by atoms with van der Waals surface area (Å²) in [6.45, 7) is 5.22. The predicted molar refractivity (Wildman–Crippen MR) is 159 cm³/mol. The molecule has 0 radical (unpaired) electrons. The van der Waals surface area contributed by atoms with Crippen molar-refractivity contribution in [2.45, 2.75) is 76.7 Å². The maximum Gasteiger partial charge on any atom is 0.389 e. The minimum Gasteiger partial charge on any atom is -0.409 e. The molecule has 1 aliphatic rings. The van der Waals surface area contributed by atoms with E-state index in [9.17, 15) is 39.5 Å². The molecule has 1 saturated heterocycles. The van der Waals surface area contributed by atoms with E-state index in [1.165, 1.54) is 12.1 Å². The molecule has 4 rings (SSSR count). The van der Waals surface area contributed by atoms with Crippen molar-refractivity contribution in [1.29, 1.82) is 0 Å². The second-order valence-corrected chi connectivity index (χ2v) is 21.3. The fraction of sp³-hybridized carbons (Fsp3) is 0.400. The highest BCUT2D eigenvalue weighted by Crippen LogP contribution is 2.35. The zero-order valence-corrected chi connectivity index (χ0v) is 27.8. The molecule has 1 aliphatic heterocycles. The summed E-state index contributed by atoms with van der Waals surface area (Å²) in [4.78, 5) is 0. The van der Waals surface area contributed by atoms with E-state index < -0.39 is 82.7 Å². The molecule has 246 valence electrons. The van der Waals surface area contributed by atoms with E-state index in [1.807, 2.05) is 24.3 Å². The van der Waals surface area contributed by atoms with E-state index in [2.05, 4.69) is 0 Å². The van der Waals surface area contributed by atoms with Gasteiger partial charge in [-0.3, -0.25) is 0 Å². The van der Waals surface area contributed by atoms with Gasteiger partial charge in [-0.05, 0) is 71.2 Å². The normalized spacial score (nSPS) is 24.5. The van der Waals surface area contributed by atoms with Crippen LogP contribution < -0.4 is 15.6 Å². The van der Waals surface area contributed by atoms with E-state index in [1.54, 1.807) is 56.0 Å². The smallest absolute Gasteiger partial charge is 0.389 e. The van der Waals surface area contributed by atoms with Gasteiger partial charge in [0.15, 0.2) is 0 Å². The molecule has 2 atom stereocenters. The first-order valence-electron chi connectivity index (χ1n) is 14.3. The van der Waals surface area contributed by atoms with Gasteiger partial charge in [0, 0.05) is 19.3 Å². The molecule has 15 heteroatoms. The Balaban J connectivity index is 1.95. The first-order chi connectivity index (χ1) is 20.7. The van der Waals surface area contributed by atoms with E-state index in [0.29, 0.717) is 0 Å². The summed E-state index contributed by atoms with van der Waals surface area (Å²) in [5, 5.41) is 1.61. The third-order valence-corrected chi connectivity index (χ3v) is 21.3. The molecule has 0 amide bonds. The summed E-state index contributed by atoms with van der Waals surface area (Å²) in [5.41, 5.74) is -0.341. The maximum atomic E-state index is 13.6. The number of hydrogen-bond donors (Lipinski definition) is 0. The fourth-order valence-corrected chi connectivity index (χ4v) is 21.9. The van der Waals surface area contributed by atoms with Crippen molar-refractivity contribution in [2.75, 3.05) is 0 Å². The van der Waals surface area contributed by atoms with Crippen LogP contribution in [0.1, 0.15) is 36.0 Å². The summed E-state index contributed by atoms with van der Waals surface area (Å²) >= 11 is 0. The van der Waals surface area contributed by atoms with Crippen LogP contribution in [0.5, 0.6) is 0 Å². The van der Waals surface area contributed by atoms with Crippen LogP contribution in [0.3, 0.4) is 0 Å². The molecule has 45 heavy (non-hydrogen) atoms. The summed E-state index contributed by atoms with van der Waals surface area (Å²) in [6, 6.07) is 20.7. The van der Waals surface area contributed by atoms with E-state index in [0.717, 1.165) is 10.4 Å². The molecule has 2 unspecified atom stereocenters. The third kappa shape index (κ3) is 9.10. The Morgan fingerprint density at radius 1 is 0.467 bits per heavy atom. The SMILES string of the molecule is C[Si]1(c2ccccc2)O[Si](C)(c2ccccc2)O[Si](C)(c2ccc(CCC(F)(F)F)c(CCC(F)(F)F)c2CCC(F)(F)F)O1. The van der Waals surface area contributed by atoms with Crippen molar-refractivity contribution in [2.24, 2.45) is 0 Å². The van der Waals surface area contributed by atoms with Crippen molar-refractivity contribution >= 4 is 41.2 Å². The number of benzene rings is 3. The van der Waals surface area contributed by atoms with E-state index in [-0.39, 0.29) is 21.9 Å². The molecular weight excluding hydrogens is 664 g/mol. The van der Waals surface area contributed by atoms with Crippen molar-refractivity contribution in [3.8, 4) is 0 Å². The van der Waals surface area contributed by atoms with E-state index in [4.69, 9.17) is 12.3 Å². The van der Waals surface area contributed by atoms with Crippen LogP contribution in [0.25, 0.3) is 0 Å². The molecule has 1 heterocycles. The lowest BCUT2D eigenvalue weighted by molar-refractivity contribution is -0.136. The number of aryl methyl sites for hydroxylation is 1. The quantitative estimate of drug-likeness (QED) is 0.172. The highest BCUT2D eigenvalue weighted by molar-refractivity contribution is 7.05. The van der Waals surface area contributed by atoms with Crippen molar-refractivity contribution in [3.63, 3.8) is 0 Å². The van der Waals surface area contributed by atoms with Crippen LogP contribution in [0, 0.1) is 0 Å². The van der Waals surface area contributed by atoms with Crippen LogP contribution in [0.4, 0.5) is 39.5 Å². The summed E-state index contributed by atoms with van der Waals surface area (Å²) in [5.74, 6) is 0. The zero-order chi connectivity index (χ0) is 33.3. The minimum atomic E-state index is -4.69.